The summed E-state index contributed by atoms with van der Waals surface area (Å²) in [5.41, 5.74) is 0.573. The quantitative estimate of drug-likeness (QED) is 0.517. The van der Waals surface area contributed by atoms with Crippen molar-refractivity contribution in [1.82, 2.24) is 4.98 Å². The first-order valence-electron chi connectivity index (χ1n) is 2.15. The Hall–Kier alpha value is -0.776. The van der Waals surface area contributed by atoms with E-state index >= 15 is 0 Å². The van der Waals surface area contributed by atoms with Crippen molar-refractivity contribution in [1.29, 1.82) is 5.26 Å². The van der Waals surface area contributed by atoms with E-state index in [0.29, 0.717) is 5.56 Å². The average molecular weight is 154 g/mol. The molecule has 1 radical (unpaired) electrons. The molecule has 0 saturated carbocycles. The molecule has 0 spiro atoms. The van der Waals surface area contributed by atoms with Gasteiger partial charge in [0.25, 0.3) is 0 Å². The third-order valence-electron chi connectivity index (χ3n) is 0.745. The van der Waals surface area contributed by atoms with E-state index in [9.17, 15) is 0 Å². The summed E-state index contributed by atoms with van der Waals surface area (Å²) in [4.78, 5) is 3.61. The molecule has 9 heavy (non-hydrogen) atoms. The Kier molecular flexibility index (Phi) is 3.78. The number of hydrogen-bond acceptors (Lipinski definition) is 2. The van der Waals surface area contributed by atoms with Crippen LogP contribution in [0.25, 0.3) is 0 Å². The SMILES string of the molecule is N#Cc1cc[c-]nc1.[V]. The summed E-state index contributed by atoms with van der Waals surface area (Å²) in [6, 6.07) is 5.21. The van der Waals surface area contributed by atoms with E-state index in [1.54, 1.807) is 12.1 Å². The zero-order chi connectivity index (χ0) is 5.82. The number of nitrogens with zero attached hydrogens (tertiary/aromatic N) is 2. The maximum absolute atomic E-state index is 8.23. The van der Waals surface area contributed by atoms with Gasteiger partial charge >= 0.3 is 0 Å². The molecule has 0 aliphatic carbocycles. The van der Waals surface area contributed by atoms with Gasteiger partial charge in [-0.05, 0) is 5.56 Å². The van der Waals surface area contributed by atoms with E-state index in [0.717, 1.165) is 0 Å². The maximum atomic E-state index is 8.23. The van der Waals surface area contributed by atoms with Gasteiger partial charge in [0.1, 0.15) is 0 Å². The Morgan fingerprint density at radius 1 is 1.67 bits per heavy atom. The van der Waals surface area contributed by atoms with Crippen LogP contribution in [-0.2, 0) is 18.6 Å². The molecule has 1 aromatic rings. The average Bonchev–Trinajstić information content (AvgIpc) is 1.90. The molecule has 3 heteroatoms. The van der Waals surface area contributed by atoms with Crippen molar-refractivity contribution in [3.8, 4) is 6.07 Å². The smallest absolute Gasteiger partial charge is 0.0740 e. The van der Waals surface area contributed by atoms with Gasteiger partial charge in [-0.1, -0.05) is 12.4 Å². The van der Waals surface area contributed by atoms with Gasteiger partial charge in [0, 0.05) is 18.6 Å². The van der Waals surface area contributed by atoms with Crippen LogP contribution < -0.4 is 0 Å². The van der Waals surface area contributed by atoms with Crippen LogP contribution in [0.4, 0.5) is 0 Å². The summed E-state index contributed by atoms with van der Waals surface area (Å²) >= 11 is 0. The molecular formula is C6H3N2V-. The van der Waals surface area contributed by atoms with E-state index in [1.165, 1.54) is 6.20 Å². The minimum atomic E-state index is 0. The largest absolute Gasteiger partial charge is 0.393 e. The summed E-state index contributed by atoms with van der Waals surface area (Å²) in [5, 5.41) is 8.23. The Morgan fingerprint density at radius 3 is 2.78 bits per heavy atom. The molecule has 0 amide bonds. The molecule has 1 aromatic heterocycles. The van der Waals surface area contributed by atoms with Crippen molar-refractivity contribution < 1.29 is 18.6 Å². The standard InChI is InChI=1S/C6H3N2.V/c7-4-6-2-1-3-8-5-6;/h1-2,5H;/q-1;. The van der Waals surface area contributed by atoms with Crippen LogP contribution in [-0.4, -0.2) is 4.98 Å². The van der Waals surface area contributed by atoms with Crippen molar-refractivity contribution >= 4 is 0 Å². The third kappa shape index (κ3) is 2.32. The van der Waals surface area contributed by atoms with Crippen molar-refractivity contribution in [3.05, 3.63) is 30.1 Å². The van der Waals surface area contributed by atoms with Gasteiger partial charge in [-0.3, -0.25) is 0 Å². The second-order valence-corrected chi connectivity index (χ2v) is 1.29. The zero-order valence-electron chi connectivity index (χ0n) is 4.57. The molecule has 2 nitrogen and oxygen atoms in total. The second kappa shape index (κ2) is 4.14. The maximum Gasteiger partial charge on any atom is 0.0740 e. The minimum Gasteiger partial charge on any atom is -0.393 e. The first kappa shape index (κ1) is 8.22. The van der Waals surface area contributed by atoms with Gasteiger partial charge in [0.05, 0.1) is 6.07 Å². The molecule has 0 fully saturated rings. The summed E-state index contributed by atoms with van der Waals surface area (Å²) in [7, 11) is 0. The molecule has 0 aliphatic rings. The molecule has 0 aliphatic heterocycles. The summed E-state index contributed by atoms with van der Waals surface area (Å²) in [6.07, 6.45) is 4.04. The number of rotatable bonds is 0. The van der Waals surface area contributed by atoms with E-state index in [-0.39, 0.29) is 18.6 Å². The zero-order valence-corrected chi connectivity index (χ0v) is 5.97. The molecule has 0 saturated heterocycles. The fourth-order valence-electron chi connectivity index (χ4n) is 0.386. The Labute approximate surface area is 65.4 Å². The molecule has 1 rings (SSSR count). The normalized spacial score (nSPS) is 7.00. The first-order chi connectivity index (χ1) is 3.93. The Bertz CT molecular complexity index is 202. The second-order valence-electron chi connectivity index (χ2n) is 1.29. The molecule has 0 bridgehead atoms. The van der Waals surface area contributed by atoms with Crippen LogP contribution in [0.2, 0.25) is 0 Å². The number of aromatic nitrogens is 1. The molecule has 1 heterocycles. The Balaban J connectivity index is 0.000000640. The fourth-order valence-corrected chi connectivity index (χ4v) is 0.386. The molecule has 0 unspecified atom stereocenters. The van der Waals surface area contributed by atoms with Crippen molar-refractivity contribution in [2.45, 2.75) is 0 Å². The van der Waals surface area contributed by atoms with Crippen LogP contribution in [0.1, 0.15) is 5.56 Å². The molecular weight excluding hydrogens is 151 g/mol. The van der Waals surface area contributed by atoms with Crippen LogP contribution in [0, 0.1) is 17.5 Å². The molecule has 0 N–H and O–H groups in total. The van der Waals surface area contributed by atoms with Crippen LogP contribution >= 0.6 is 0 Å². The van der Waals surface area contributed by atoms with Crippen molar-refractivity contribution in [2.75, 3.05) is 0 Å². The van der Waals surface area contributed by atoms with E-state index in [2.05, 4.69) is 11.2 Å². The summed E-state index contributed by atoms with van der Waals surface area (Å²) in [6.45, 7) is 0. The molecule has 0 atom stereocenters. The van der Waals surface area contributed by atoms with Gasteiger partial charge in [-0.15, -0.1) is 0 Å². The number of nitriles is 1. The summed E-state index contributed by atoms with van der Waals surface area (Å²) in [5.74, 6) is 0. The third-order valence-corrected chi connectivity index (χ3v) is 0.745. The Morgan fingerprint density at radius 2 is 2.44 bits per heavy atom. The fraction of sp³-hybridized carbons (Fsp3) is 0. The topological polar surface area (TPSA) is 36.7 Å². The predicted molar refractivity (Wildman–Crippen MR) is 27.8 cm³/mol. The van der Waals surface area contributed by atoms with E-state index in [4.69, 9.17) is 5.26 Å². The number of hydrogen-bond donors (Lipinski definition) is 0. The van der Waals surface area contributed by atoms with E-state index < -0.39 is 0 Å². The van der Waals surface area contributed by atoms with Crippen LogP contribution in [0.3, 0.4) is 0 Å². The van der Waals surface area contributed by atoms with Crippen LogP contribution in [0.15, 0.2) is 18.3 Å². The van der Waals surface area contributed by atoms with Gasteiger partial charge in [0.2, 0.25) is 0 Å². The van der Waals surface area contributed by atoms with Crippen molar-refractivity contribution in [2.24, 2.45) is 0 Å². The summed E-state index contributed by atoms with van der Waals surface area (Å²) < 4.78 is 0. The van der Waals surface area contributed by atoms with Gasteiger partial charge < -0.3 is 4.98 Å². The minimum absolute atomic E-state index is 0. The van der Waals surface area contributed by atoms with Crippen LogP contribution in [0.5, 0.6) is 0 Å². The van der Waals surface area contributed by atoms with E-state index in [1.807, 2.05) is 6.07 Å². The number of pyridine rings is 1. The molecule has 43 valence electrons. The molecule has 0 aromatic carbocycles. The first-order valence-corrected chi connectivity index (χ1v) is 2.15. The van der Waals surface area contributed by atoms with Gasteiger partial charge in [-0.2, -0.15) is 17.4 Å². The van der Waals surface area contributed by atoms with Gasteiger partial charge in [0.15, 0.2) is 0 Å². The predicted octanol–water partition coefficient (Wildman–Crippen LogP) is 0.751. The van der Waals surface area contributed by atoms with Gasteiger partial charge in [-0.25, -0.2) is 0 Å². The monoisotopic (exact) mass is 154 g/mol. The van der Waals surface area contributed by atoms with Crippen molar-refractivity contribution in [3.63, 3.8) is 0 Å².